The number of amides is 2. The van der Waals surface area contributed by atoms with Crippen LogP contribution < -0.4 is 5.32 Å². The summed E-state index contributed by atoms with van der Waals surface area (Å²) in [5.41, 5.74) is 0. The van der Waals surface area contributed by atoms with Gasteiger partial charge in [0.25, 0.3) is 0 Å². The highest BCUT2D eigenvalue weighted by Crippen LogP contribution is 2.29. The van der Waals surface area contributed by atoms with Gasteiger partial charge in [0.2, 0.25) is 11.8 Å². The Morgan fingerprint density at radius 3 is 2.12 bits per heavy atom. The maximum atomic E-state index is 12.6. The first-order chi connectivity index (χ1) is 12.2. The first-order valence-electron chi connectivity index (χ1n) is 10.5. The van der Waals surface area contributed by atoms with E-state index in [1.807, 2.05) is 0 Å². The molecule has 0 radical (unpaired) electrons. The number of hydrogen-bond donors (Lipinski definition) is 1. The van der Waals surface area contributed by atoms with Crippen LogP contribution in [0.25, 0.3) is 0 Å². The zero-order valence-corrected chi connectivity index (χ0v) is 15.4. The van der Waals surface area contributed by atoms with Gasteiger partial charge in [-0.25, -0.2) is 0 Å². The summed E-state index contributed by atoms with van der Waals surface area (Å²) < 4.78 is 0. The predicted octanol–water partition coefficient (Wildman–Crippen LogP) is 2.16. The number of hydrogen-bond acceptors (Lipinski definition) is 3. The quantitative estimate of drug-likeness (QED) is 0.848. The van der Waals surface area contributed by atoms with Gasteiger partial charge in [0.15, 0.2) is 0 Å². The minimum atomic E-state index is 0.174. The van der Waals surface area contributed by atoms with Crippen molar-refractivity contribution in [1.82, 2.24) is 15.1 Å². The third-order valence-corrected chi connectivity index (χ3v) is 6.74. The molecule has 0 aromatic rings. The van der Waals surface area contributed by atoms with Crippen LogP contribution in [0.4, 0.5) is 0 Å². The van der Waals surface area contributed by atoms with Crippen molar-refractivity contribution < 1.29 is 9.59 Å². The van der Waals surface area contributed by atoms with Gasteiger partial charge in [-0.2, -0.15) is 0 Å². The summed E-state index contributed by atoms with van der Waals surface area (Å²) >= 11 is 0. The van der Waals surface area contributed by atoms with Gasteiger partial charge in [0, 0.05) is 37.6 Å². The molecule has 5 nitrogen and oxygen atoms in total. The molecule has 4 rings (SSSR count). The molecular formula is C20H33N3O2. The Bertz CT molecular complexity index is 491. The summed E-state index contributed by atoms with van der Waals surface area (Å²) in [6.45, 7) is 3.86. The highest BCUT2D eigenvalue weighted by molar-refractivity contribution is 5.80. The van der Waals surface area contributed by atoms with E-state index >= 15 is 0 Å². The molecule has 0 spiro atoms. The second kappa shape index (κ2) is 7.65. The molecule has 1 unspecified atom stereocenters. The molecule has 1 atom stereocenters. The van der Waals surface area contributed by atoms with Gasteiger partial charge in [0.05, 0.1) is 5.92 Å². The molecule has 0 aromatic carbocycles. The second-order valence-corrected chi connectivity index (χ2v) is 8.65. The molecule has 140 valence electrons. The summed E-state index contributed by atoms with van der Waals surface area (Å²) in [6.07, 6.45) is 11.3. The minimum absolute atomic E-state index is 0.174. The van der Waals surface area contributed by atoms with Crippen LogP contribution in [0.2, 0.25) is 0 Å². The Kier molecular flexibility index (Phi) is 5.30. The lowest BCUT2D eigenvalue weighted by atomic mass is 9.93. The van der Waals surface area contributed by atoms with Crippen molar-refractivity contribution in [3.63, 3.8) is 0 Å². The van der Waals surface area contributed by atoms with Gasteiger partial charge in [-0.1, -0.05) is 12.8 Å². The largest absolute Gasteiger partial charge is 0.353 e. The molecule has 1 N–H and O–H groups in total. The maximum absolute atomic E-state index is 12.6. The van der Waals surface area contributed by atoms with Crippen molar-refractivity contribution >= 4 is 11.8 Å². The Morgan fingerprint density at radius 2 is 1.44 bits per heavy atom. The number of nitrogens with one attached hydrogen (secondary N) is 1. The molecule has 5 heteroatoms. The molecule has 2 aliphatic carbocycles. The first-order valence-corrected chi connectivity index (χ1v) is 10.5. The van der Waals surface area contributed by atoms with E-state index in [0.29, 0.717) is 23.9 Å². The normalized spacial score (nSPS) is 29.8. The van der Waals surface area contributed by atoms with Gasteiger partial charge in [-0.3, -0.25) is 14.5 Å². The lowest BCUT2D eigenvalue weighted by Crippen LogP contribution is -2.52. The lowest BCUT2D eigenvalue weighted by Gasteiger charge is -2.42. The Hall–Kier alpha value is -1.10. The van der Waals surface area contributed by atoms with E-state index < -0.39 is 0 Å². The van der Waals surface area contributed by atoms with Crippen LogP contribution in [0, 0.1) is 11.8 Å². The maximum Gasteiger partial charge on any atom is 0.225 e. The molecule has 4 aliphatic rings. The van der Waals surface area contributed by atoms with Crippen LogP contribution in [0.3, 0.4) is 0 Å². The number of carbonyl (C=O) groups excluding carboxylic acids is 2. The van der Waals surface area contributed by atoms with Crippen LogP contribution >= 0.6 is 0 Å². The summed E-state index contributed by atoms with van der Waals surface area (Å²) in [6, 6.07) is 1.02. The van der Waals surface area contributed by atoms with Crippen molar-refractivity contribution in [1.29, 1.82) is 0 Å². The molecule has 2 heterocycles. The van der Waals surface area contributed by atoms with Crippen LogP contribution in [-0.2, 0) is 9.59 Å². The third kappa shape index (κ3) is 4.18. The van der Waals surface area contributed by atoms with Gasteiger partial charge < -0.3 is 10.2 Å². The fourth-order valence-electron chi connectivity index (χ4n) is 4.98. The van der Waals surface area contributed by atoms with E-state index in [0.717, 1.165) is 77.5 Å². The van der Waals surface area contributed by atoms with Crippen LogP contribution in [0.1, 0.15) is 64.2 Å². The SMILES string of the molecule is O=C(NC1CC1)C1CCCN(C2CCN(C(=O)C3CCCC3)CC2)C1. The molecule has 2 saturated heterocycles. The number of rotatable bonds is 4. The highest BCUT2D eigenvalue weighted by Gasteiger charge is 2.35. The van der Waals surface area contributed by atoms with Gasteiger partial charge in [0.1, 0.15) is 0 Å². The van der Waals surface area contributed by atoms with Crippen molar-refractivity contribution in [2.75, 3.05) is 26.2 Å². The van der Waals surface area contributed by atoms with E-state index in [9.17, 15) is 9.59 Å². The number of likely N-dealkylation sites (tertiary alicyclic amines) is 2. The number of piperidine rings is 2. The van der Waals surface area contributed by atoms with Crippen molar-refractivity contribution in [3.05, 3.63) is 0 Å². The predicted molar refractivity (Wildman–Crippen MR) is 97.0 cm³/mol. The summed E-state index contributed by atoms with van der Waals surface area (Å²) in [7, 11) is 0. The van der Waals surface area contributed by atoms with E-state index in [1.54, 1.807) is 0 Å². The minimum Gasteiger partial charge on any atom is -0.353 e. The summed E-state index contributed by atoms with van der Waals surface area (Å²) in [5, 5.41) is 3.18. The Balaban J connectivity index is 1.25. The summed E-state index contributed by atoms with van der Waals surface area (Å²) in [5.74, 6) is 1.17. The molecule has 4 fully saturated rings. The fourth-order valence-corrected chi connectivity index (χ4v) is 4.98. The van der Waals surface area contributed by atoms with Gasteiger partial charge in [-0.05, 0) is 57.9 Å². The average Bonchev–Trinajstić information content (AvgIpc) is 3.30. The summed E-state index contributed by atoms with van der Waals surface area (Å²) in [4.78, 5) is 29.6. The molecule has 0 aromatic heterocycles. The van der Waals surface area contributed by atoms with Crippen molar-refractivity contribution in [2.24, 2.45) is 11.8 Å². The van der Waals surface area contributed by atoms with Gasteiger partial charge in [-0.15, -0.1) is 0 Å². The number of nitrogens with zero attached hydrogens (tertiary/aromatic N) is 2. The van der Waals surface area contributed by atoms with Crippen molar-refractivity contribution in [2.45, 2.75) is 76.3 Å². The molecule has 0 bridgehead atoms. The van der Waals surface area contributed by atoms with E-state index in [4.69, 9.17) is 0 Å². The van der Waals surface area contributed by atoms with E-state index in [-0.39, 0.29) is 11.8 Å². The fraction of sp³-hybridized carbons (Fsp3) is 0.900. The zero-order chi connectivity index (χ0) is 17.2. The van der Waals surface area contributed by atoms with Crippen LogP contribution in [0.15, 0.2) is 0 Å². The third-order valence-electron chi connectivity index (χ3n) is 6.74. The molecular weight excluding hydrogens is 314 g/mol. The lowest BCUT2D eigenvalue weighted by molar-refractivity contribution is -0.137. The monoisotopic (exact) mass is 347 g/mol. The standard InChI is InChI=1S/C20H33N3O2/c24-19(21-17-7-8-17)16-6-3-11-23(14-16)18-9-12-22(13-10-18)20(25)15-4-1-2-5-15/h15-18H,1-14H2,(H,21,24). The molecule has 2 saturated carbocycles. The smallest absolute Gasteiger partial charge is 0.225 e. The topological polar surface area (TPSA) is 52.7 Å². The van der Waals surface area contributed by atoms with E-state index in [2.05, 4.69) is 15.1 Å². The van der Waals surface area contributed by atoms with Gasteiger partial charge >= 0.3 is 0 Å². The number of carbonyl (C=O) groups is 2. The molecule has 2 amide bonds. The van der Waals surface area contributed by atoms with Crippen LogP contribution in [0.5, 0.6) is 0 Å². The Labute approximate surface area is 151 Å². The first kappa shape index (κ1) is 17.3. The van der Waals surface area contributed by atoms with E-state index in [1.165, 1.54) is 12.8 Å². The van der Waals surface area contributed by atoms with Crippen molar-refractivity contribution in [3.8, 4) is 0 Å². The Morgan fingerprint density at radius 1 is 0.760 bits per heavy atom. The molecule has 2 aliphatic heterocycles. The average molecular weight is 348 g/mol. The second-order valence-electron chi connectivity index (χ2n) is 8.65. The molecule has 25 heavy (non-hydrogen) atoms. The zero-order valence-electron chi connectivity index (χ0n) is 15.4. The highest BCUT2D eigenvalue weighted by atomic mass is 16.2. The van der Waals surface area contributed by atoms with Crippen LogP contribution in [-0.4, -0.2) is 59.9 Å².